The first-order valence-electron chi connectivity index (χ1n) is 5.85. The Balaban J connectivity index is 1.89. The van der Waals surface area contributed by atoms with Crippen LogP contribution in [-0.4, -0.2) is 12.5 Å². The Morgan fingerprint density at radius 1 is 1.32 bits per heavy atom. The molecule has 0 radical (unpaired) electrons. The number of nitrogens with one attached hydrogen (secondary N) is 1. The van der Waals surface area contributed by atoms with Gasteiger partial charge in [-0.15, -0.1) is 11.3 Å². The maximum absolute atomic E-state index is 12.0. The molecule has 0 bridgehead atoms. The third-order valence-electron chi connectivity index (χ3n) is 2.68. The molecule has 1 aromatic heterocycles. The average Bonchev–Trinajstić information content (AvgIpc) is 2.68. The van der Waals surface area contributed by atoms with Crippen LogP contribution >= 0.6 is 43.2 Å². The summed E-state index contributed by atoms with van der Waals surface area (Å²) in [4.78, 5) is 12.0. The van der Waals surface area contributed by atoms with Crippen LogP contribution in [0.3, 0.4) is 0 Å². The maximum atomic E-state index is 12.0. The van der Waals surface area contributed by atoms with Crippen molar-refractivity contribution in [2.24, 2.45) is 0 Å². The van der Waals surface area contributed by atoms with Crippen molar-refractivity contribution in [2.45, 2.75) is 13.3 Å². The van der Waals surface area contributed by atoms with Gasteiger partial charge >= 0.3 is 0 Å². The van der Waals surface area contributed by atoms with Crippen LogP contribution in [0.15, 0.2) is 37.9 Å². The van der Waals surface area contributed by atoms with E-state index in [1.807, 2.05) is 12.1 Å². The Hall–Kier alpha value is -0.650. The van der Waals surface area contributed by atoms with Crippen molar-refractivity contribution in [2.75, 3.05) is 6.54 Å². The lowest BCUT2D eigenvalue weighted by Gasteiger charge is -2.05. The molecule has 2 aromatic rings. The van der Waals surface area contributed by atoms with Gasteiger partial charge in [-0.3, -0.25) is 4.79 Å². The van der Waals surface area contributed by atoms with E-state index in [0.717, 1.165) is 14.0 Å². The number of halogens is 2. The fourth-order valence-corrected chi connectivity index (χ4v) is 4.57. The minimum absolute atomic E-state index is 0.0403. The molecule has 0 saturated heterocycles. The van der Waals surface area contributed by atoms with Gasteiger partial charge in [0.25, 0.3) is 5.91 Å². The number of carbonyl (C=O) groups excluding carboxylic acids is 1. The van der Waals surface area contributed by atoms with Crippen molar-refractivity contribution in [1.29, 1.82) is 0 Å². The van der Waals surface area contributed by atoms with Crippen molar-refractivity contribution < 1.29 is 4.79 Å². The summed E-state index contributed by atoms with van der Waals surface area (Å²) in [5.41, 5.74) is 3.17. The zero-order chi connectivity index (χ0) is 13.8. The summed E-state index contributed by atoms with van der Waals surface area (Å²) < 4.78 is 1.80. The molecular formula is C14H13Br2NOS. The van der Waals surface area contributed by atoms with Gasteiger partial charge in [-0.05, 0) is 56.8 Å². The van der Waals surface area contributed by atoms with Crippen molar-refractivity contribution in [3.63, 3.8) is 0 Å². The molecule has 1 N–H and O–H groups in total. The average molecular weight is 403 g/mol. The highest BCUT2D eigenvalue weighted by atomic mass is 79.9. The normalized spacial score (nSPS) is 10.5. The number of hydrogen-bond acceptors (Lipinski definition) is 2. The molecule has 0 spiro atoms. The van der Waals surface area contributed by atoms with Crippen LogP contribution in [0.5, 0.6) is 0 Å². The van der Waals surface area contributed by atoms with Crippen molar-refractivity contribution in [3.05, 3.63) is 54.6 Å². The topological polar surface area (TPSA) is 29.1 Å². The highest BCUT2D eigenvalue weighted by Crippen LogP contribution is 2.31. The van der Waals surface area contributed by atoms with Crippen LogP contribution in [0.4, 0.5) is 0 Å². The Morgan fingerprint density at radius 3 is 2.74 bits per heavy atom. The summed E-state index contributed by atoms with van der Waals surface area (Å²) in [6, 6.07) is 10.2. The third-order valence-corrected chi connectivity index (χ3v) is 5.02. The van der Waals surface area contributed by atoms with Crippen LogP contribution < -0.4 is 5.32 Å². The van der Waals surface area contributed by atoms with Crippen LogP contribution in [0.1, 0.15) is 21.5 Å². The predicted molar refractivity (Wildman–Crippen MR) is 86.9 cm³/mol. The molecule has 1 amide bonds. The van der Waals surface area contributed by atoms with Crippen LogP contribution in [0.2, 0.25) is 0 Å². The predicted octanol–water partition coefficient (Wildman–Crippen LogP) is 4.55. The number of hydrogen-bond donors (Lipinski definition) is 1. The largest absolute Gasteiger partial charge is 0.352 e. The van der Waals surface area contributed by atoms with E-state index in [1.165, 1.54) is 22.5 Å². The zero-order valence-corrected chi connectivity index (χ0v) is 14.4. The van der Waals surface area contributed by atoms with Gasteiger partial charge in [0.05, 0.1) is 13.1 Å². The highest BCUT2D eigenvalue weighted by molar-refractivity contribution is 9.12. The number of thiophene rings is 1. The summed E-state index contributed by atoms with van der Waals surface area (Å²) in [5.74, 6) is -0.0403. The minimum Gasteiger partial charge on any atom is -0.352 e. The Bertz CT molecular complexity index is 595. The van der Waals surface area contributed by atoms with Crippen molar-refractivity contribution >= 4 is 49.1 Å². The van der Waals surface area contributed by atoms with Gasteiger partial charge in [-0.1, -0.05) is 29.8 Å². The van der Waals surface area contributed by atoms with Crippen LogP contribution in [0.25, 0.3) is 0 Å². The number of rotatable bonds is 4. The molecule has 2 nitrogen and oxygen atoms in total. The lowest BCUT2D eigenvalue weighted by atomic mass is 10.1. The second kappa shape index (κ2) is 6.68. The number of carbonyl (C=O) groups is 1. The van der Waals surface area contributed by atoms with Gasteiger partial charge in [-0.25, -0.2) is 0 Å². The van der Waals surface area contributed by atoms with Gasteiger partial charge in [0, 0.05) is 6.54 Å². The number of aryl methyl sites for hydroxylation is 1. The van der Waals surface area contributed by atoms with Crippen molar-refractivity contribution in [3.8, 4) is 0 Å². The molecule has 2 rings (SSSR count). The fourth-order valence-electron chi connectivity index (χ4n) is 1.78. The molecule has 0 fully saturated rings. The SMILES string of the molecule is Cc1cccc(CCNC(=O)c2cc(Br)sc2Br)c1. The molecule has 0 saturated carbocycles. The molecule has 1 aromatic carbocycles. The molecule has 0 unspecified atom stereocenters. The first-order valence-corrected chi connectivity index (χ1v) is 8.25. The highest BCUT2D eigenvalue weighted by Gasteiger charge is 2.12. The Labute approximate surface area is 133 Å². The summed E-state index contributed by atoms with van der Waals surface area (Å²) in [7, 11) is 0. The van der Waals surface area contributed by atoms with E-state index in [9.17, 15) is 4.79 Å². The van der Waals surface area contributed by atoms with Gasteiger partial charge < -0.3 is 5.32 Å². The van der Waals surface area contributed by atoms with Crippen LogP contribution in [0, 0.1) is 6.92 Å². The van der Waals surface area contributed by atoms with E-state index >= 15 is 0 Å². The standard InChI is InChI=1S/C14H13Br2NOS/c1-9-3-2-4-10(7-9)5-6-17-14(18)11-8-12(15)19-13(11)16/h2-4,7-8H,5-6H2,1H3,(H,17,18). The quantitative estimate of drug-likeness (QED) is 0.798. The van der Waals surface area contributed by atoms with Crippen LogP contribution in [-0.2, 0) is 6.42 Å². The summed E-state index contributed by atoms with van der Waals surface area (Å²) in [5, 5.41) is 2.94. The number of amides is 1. The molecule has 5 heteroatoms. The van der Waals surface area contributed by atoms with Crippen molar-refractivity contribution in [1.82, 2.24) is 5.32 Å². The molecule has 1 heterocycles. The van der Waals surface area contributed by atoms with E-state index < -0.39 is 0 Å². The smallest absolute Gasteiger partial charge is 0.253 e. The first-order chi connectivity index (χ1) is 9.06. The molecular weight excluding hydrogens is 390 g/mol. The van der Waals surface area contributed by atoms with Gasteiger partial charge in [0.15, 0.2) is 0 Å². The second-order valence-corrected chi connectivity index (χ2v) is 7.98. The van der Waals surface area contributed by atoms with E-state index in [1.54, 1.807) is 0 Å². The molecule has 0 aliphatic carbocycles. The number of benzene rings is 1. The Morgan fingerprint density at radius 2 is 2.11 bits per heavy atom. The molecule has 0 atom stereocenters. The molecule has 19 heavy (non-hydrogen) atoms. The van der Waals surface area contributed by atoms with E-state index in [2.05, 4.69) is 62.3 Å². The monoisotopic (exact) mass is 401 g/mol. The lowest BCUT2D eigenvalue weighted by Crippen LogP contribution is -2.25. The molecule has 0 aliphatic heterocycles. The molecule has 0 aliphatic rings. The van der Waals surface area contributed by atoms with E-state index in [-0.39, 0.29) is 5.91 Å². The van der Waals surface area contributed by atoms with Gasteiger partial charge in [0.2, 0.25) is 0 Å². The maximum Gasteiger partial charge on any atom is 0.253 e. The molecule has 100 valence electrons. The zero-order valence-electron chi connectivity index (χ0n) is 10.4. The summed E-state index contributed by atoms with van der Waals surface area (Å²) >= 11 is 8.27. The fraction of sp³-hybridized carbons (Fsp3) is 0.214. The summed E-state index contributed by atoms with van der Waals surface area (Å²) in [6.07, 6.45) is 0.844. The van der Waals surface area contributed by atoms with E-state index in [4.69, 9.17) is 0 Å². The lowest BCUT2D eigenvalue weighted by molar-refractivity contribution is 0.0954. The third kappa shape index (κ3) is 4.16. The summed E-state index contributed by atoms with van der Waals surface area (Å²) in [6.45, 7) is 2.71. The van der Waals surface area contributed by atoms with Gasteiger partial charge in [-0.2, -0.15) is 0 Å². The van der Waals surface area contributed by atoms with E-state index in [0.29, 0.717) is 12.1 Å². The first kappa shape index (κ1) is 14.8. The van der Waals surface area contributed by atoms with Gasteiger partial charge in [0.1, 0.15) is 0 Å². The Kier molecular flexibility index (Phi) is 5.19. The minimum atomic E-state index is -0.0403. The second-order valence-electron chi connectivity index (χ2n) is 4.23.